The molecule has 0 aliphatic carbocycles. The standard InChI is InChI=1S/C9H10F2N2O3/c10-6-1-2-8(7(11)5-6)15-4-3-9(14)16-13-12/h1-2,5,13H,3-4,12H2. The van der Waals surface area contributed by atoms with Crippen LogP contribution in [0.3, 0.4) is 0 Å². The van der Waals surface area contributed by atoms with E-state index in [1.807, 2.05) is 0 Å². The van der Waals surface area contributed by atoms with Gasteiger partial charge in [-0.2, -0.15) is 0 Å². The summed E-state index contributed by atoms with van der Waals surface area (Å²) in [5, 5.41) is 0. The average Bonchev–Trinajstić information content (AvgIpc) is 2.22. The number of carbonyl (C=O) groups is 1. The van der Waals surface area contributed by atoms with Gasteiger partial charge in [-0.05, 0) is 12.1 Å². The van der Waals surface area contributed by atoms with Crippen molar-refractivity contribution in [3.8, 4) is 5.75 Å². The third-order valence-corrected chi connectivity index (χ3v) is 1.63. The fraction of sp³-hybridized carbons (Fsp3) is 0.222. The number of rotatable bonds is 5. The average molecular weight is 232 g/mol. The number of nitrogens with one attached hydrogen (secondary N) is 1. The van der Waals surface area contributed by atoms with Crippen LogP contribution in [0.15, 0.2) is 18.2 Å². The highest BCUT2D eigenvalue weighted by Crippen LogP contribution is 2.17. The molecule has 0 radical (unpaired) electrons. The molecule has 0 atom stereocenters. The molecule has 0 fully saturated rings. The van der Waals surface area contributed by atoms with Crippen LogP contribution < -0.4 is 16.2 Å². The van der Waals surface area contributed by atoms with Gasteiger partial charge in [0.1, 0.15) is 5.82 Å². The second kappa shape index (κ2) is 5.99. The Kier molecular flexibility index (Phi) is 4.62. The number of halogens is 2. The molecule has 1 aromatic carbocycles. The van der Waals surface area contributed by atoms with Gasteiger partial charge in [0.15, 0.2) is 11.6 Å². The van der Waals surface area contributed by atoms with Gasteiger partial charge in [0.05, 0.1) is 13.0 Å². The normalized spacial score (nSPS) is 9.94. The Balaban J connectivity index is 2.40. The van der Waals surface area contributed by atoms with Crippen LogP contribution in [0.4, 0.5) is 8.78 Å². The Bertz CT molecular complexity index is 374. The lowest BCUT2D eigenvalue weighted by Gasteiger charge is -2.06. The number of hydrogen-bond donors (Lipinski definition) is 2. The van der Waals surface area contributed by atoms with Crippen LogP contribution >= 0.6 is 0 Å². The van der Waals surface area contributed by atoms with Gasteiger partial charge >= 0.3 is 5.97 Å². The first kappa shape index (κ1) is 12.3. The molecular formula is C9H10F2N2O3. The first-order valence-electron chi connectivity index (χ1n) is 4.36. The Morgan fingerprint density at radius 2 is 2.19 bits per heavy atom. The maximum Gasteiger partial charge on any atom is 0.329 e. The monoisotopic (exact) mass is 232 g/mol. The molecule has 7 heteroatoms. The molecule has 88 valence electrons. The van der Waals surface area contributed by atoms with Gasteiger partial charge in [-0.1, -0.05) is 5.59 Å². The molecule has 0 bridgehead atoms. The van der Waals surface area contributed by atoms with E-state index >= 15 is 0 Å². The topological polar surface area (TPSA) is 73.6 Å². The van der Waals surface area contributed by atoms with Crippen LogP contribution in [-0.2, 0) is 9.63 Å². The Morgan fingerprint density at radius 1 is 1.44 bits per heavy atom. The molecule has 0 spiro atoms. The first-order valence-corrected chi connectivity index (χ1v) is 4.36. The minimum Gasteiger partial charge on any atom is -0.490 e. The molecule has 3 N–H and O–H groups in total. The molecule has 0 aliphatic rings. The van der Waals surface area contributed by atoms with Crippen LogP contribution in [0.1, 0.15) is 6.42 Å². The number of hydrogen-bond acceptors (Lipinski definition) is 5. The van der Waals surface area contributed by atoms with Crippen LogP contribution in [0.2, 0.25) is 0 Å². The SMILES string of the molecule is NNOC(=O)CCOc1ccc(F)cc1F. The summed E-state index contributed by atoms with van der Waals surface area (Å²) in [7, 11) is 0. The van der Waals surface area contributed by atoms with Crippen molar-refractivity contribution in [3.05, 3.63) is 29.8 Å². The van der Waals surface area contributed by atoms with Gasteiger partial charge in [0.2, 0.25) is 0 Å². The fourth-order valence-electron chi connectivity index (χ4n) is 0.953. The van der Waals surface area contributed by atoms with Gasteiger partial charge in [0.25, 0.3) is 0 Å². The van der Waals surface area contributed by atoms with Crippen molar-refractivity contribution in [2.75, 3.05) is 6.61 Å². The number of ether oxygens (including phenoxy) is 1. The van der Waals surface area contributed by atoms with Gasteiger partial charge in [-0.25, -0.2) is 14.6 Å². The predicted octanol–water partition coefficient (Wildman–Crippen LogP) is 0.655. The van der Waals surface area contributed by atoms with Crippen molar-refractivity contribution < 1.29 is 23.1 Å². The van der Waals surface area contributed by atoms with E-state index in [1.165, 1.54) is 0 Å². The molecule has 1 aromatic rings. The maximum atomic E-state index is 13.0. The van der Waals surface area contributed by atoms with Crippen molar-refractivity contribution >= 4 is 5.97 Å². The summed E-state index contributed by atoms with van der Waals surface area (Å²) in [6.07, 6.45) is -0.110. The van der Waals surface area contributed by atoms with Crippen molar-refractivity contribution in [3.63, 3.8) is 0 Å². The molecule has 0 unspecified atom stereocenters. The predicted molar refractivity (Wildman–Crippen MR) is 49.9 cm³/mol. The number of carbonyl (C=O) groups excluding carboxylic acids is 1. The Morgan fingerprint density at radius 3 is 2.81 bits per heavy atom. The van der Waals surface area contributed by atoms with Gasteiger partial charge < -0.3 is 9.57 Å². The van der Waals surface area contributed by atoms with Crippen molar-refractivity contribution in [2.24, 2.45) is 5.84 Å². The van der Waals surface area contributed by atoms with Crippen molar-refractivity contribution in [1.82, 2.24) is 5.59 Å². The van der Waals surface area contributed by atoms with Crippen molar-refractivity contribution in [1.29, 1.82) is 0 Å². The Labute approximate surface area is 90.1 Å². The highest BCUT2D eigenvalue weighted by molar-refractivity contribution is 5.69. The Hall–Kier alpha value is -1.73. The van der Waals surface area contributed by atoms with Crippen LogP contribution in [0, 0.1) is 11.6 Å². The first-order chi connectivity index (χ1) is 7.63. The third-order valence-electron chi connectivity index (χ3n) is 1.63. The summed E-state index contributed by atoms with van der Waals surface area (Å²) in [5.74, 6) is 2.41. The highest BCUT2D eigenvalue weighted by atomic mass is 19.1. The minimum atomic E-state index is -0.828. The fourth-order valence-corrected chi connectivity index (χ4v) is 0.953. The summed E-state index contributed by atoms with van der Waals surface area (Å²) < 4.78 is 30.4. The molecule has 0 saturated carbocycles. The zero-order valence-corrected chi connectivity index (χ0v) is 8.20. The van der Waals surface area contributed by atoms with E-state index in [4.69, 9.17) is 10.6 Å². The lowest BCUT2D eigenvalue weighted by Crippen LogP contribution is -2.27. The van der Waals surface area contributed by atoms with E-state index in [-0.39, 0.29) is 18.8 Å². The summed E-state index contributed by atoms with van der Waals surface area (Å²) in [6, 6.07) is 2.88. The maximum absolute atomic E-state index is 13.0. The zero-order chi connectivity index (χ0) is 12.0. The minimum absolute atomic E-state index is 0.0942. The molecule has 0 aliphatic heterocycles. The quantitative estimate of drug-likeness (QED) is 0.576. The summed E-state index contributed by atoms with van der Waals surface area (Å²) in [4.78, 5) is 15.0. The molecule has 16 heavy (non-hydrogen) atoms. The van der Waals surface area contributed by atoms with Crippen LogP contribution in [0.5, 0.6) is 5.75 Å². The largest absolute Gasteiger partial charge is 0.490 e. The molecule has 0 heterocycles. The summed E-state index contributed by atoms with van der Waals surface area (Å²) in [5.41, 5.74) is 1.71. The molecule has 5 nitrogen and oxygen atoms in total. The number of hydrazine groups is 1. The molecule has 0 aromatic heterocycles. The van der Waals surface area contributed by atoms with Gasteiger partial charge in [0, 0.05) is 6.07 Å². The second-order valence-electron chi connectivity index (χ2n) is 2.77. The third kappa shape index (κ3) is 3.79. The van der Waals surface area contributed by atoms with E-state index in [1.54, 1.807) is 5.59 Å². The second-order valence-corrected chi connectivity index (χ2v) is 2.77. The van der Waals surface area contributed by atoms with E-state index in [2.05, 4.69) is 4.84 Å². The van der Waals surface area contributed by atoms with Crippen LogP contribution in [0.25, 0.3) is 0 Å². The molecular weight excluding hydrogens is 222 g/mol. The van der Waals surface area contributed by atoms with E-state index in [9.17, 15) is 13.6 Å². The molecule has 1 rings (SSSR count). The van der Waals surface area contributed by atoms with Gasteiger partial charge in [-0.15, -0.1) is 0 Å². The molecule has 0 saturated heterocycles. The highest BCUT2D eigenvalue weighted by Gasteiger charge is 2.07. The lowest BCUT2D eigenvalue weighted by atomic mass is 10.3. The number of benzene rings is 1. The summed E-state index contributed by atoms with van der Waals surface area (Å²) in [6.45, 7) is -0.0942. The molecule has 0 amide bonds. The van der Waals surface area contributed by atoms with Crippen molar-refractivity contribution in [2.45, 2.75) is 6.42 Å². The van der Waals surface area contributed by atoms with E-state index in [0.29, 0.717) is 6.07 Å². The zero-order valence-electron chi connectivity index (χ0n) is 8.20. The van der Waals surface area contributed by atoms with Crippen LogP contribution in [-0.4, -0.2) is 12.6 Å². The lowest BCUT2D eigenvalue weighted by molar-refractivity contribution is -0.151. The van der Waals surface area contributed by atoms with E-state index < -0.39 is 17.6 Å². The smallest absolute Gasteiger partial charge is 0.329 e. The van der Waals surface area contributed by atoms with Gasteiger partial charge in [-0.3, -0.25) is 4.79 Å². The van der Waals surface area contributed by atoms with E-state index in [0.717, 1.165) is 12.1 Å². The number of nitrogens with two attached hydrogens (primary N) is 1. The summed E-state index contributed by atoms with van der Waals surface area (Å²) >= 11 is 0.